The number of carbonyl (C=O) groups excluding carboxylic acids is 1. The van der Waals surface area contributed by atoms with Crippen molar-refractivity contribution in [2.75, 3.05) is 7.05 Å². The number of likely N-dealkylation sites (N-methyl/N-ethyl adjacent to an activating group) is 1. The molecule has 3 N–H and O–H groups in total. The van der Waals surface area contributed by atoms with Gasteiger partial charge in [-0.2, -0.15) is 0 Å². The Bertz CT molecular complexity index is 362. The molecule has 110 valence electrons. The minimum absolute atomic E-state index is 0.0484. The normalized spacial score (nSPS) is 15.5. The molecule has 2 atom stereocenters. The topological polar surface area (TPSA) is 83.6 Å². The van der Waals surface area contributed by atoms with E-state index in [4.69, 9.17) is 10.8 Å². The minimum atomic E-state index is -0.973. The molecular formula is C14H26N2O3. The molecule has 5 nitrogen and oxygen atoms in total. The SMILES string of the molecule is C/C(=C\[C@H](C(C)C)N(C)C(=O)[C@@H](N)C(C)C)C(=O)O. The molecule has 0 saturated carbocycles. The largest absolute Gasteiger partial charge is 0.478 e. The number of rotatable bonds is 6. The first-order chi connectivity index (χ1) is 8.59. The number of amides is 1. The van der Waals surface area contributed by atoms with Crippen LogP contribution in [0.5, 0.6) is 0 Å². The molecule has 0 radical (unpaired) electrons. The predicted molar refractivity (Wildman–Crippen MR) is 75.6 cm³/mol. The van der Waals surface area contributed by atoms with E-state index in [-0.39, 0.29) is 29.4 Å². The Morgan fingerprint density at radius 1 is 1.16 bits per heavy atom. The zero-order chi connectivity index (χ0) is 15.3. The van der Waals surface area contributed by atoms with Gasteiger partial charge in [0.25, 0.3) is 0 Å². The molecule has 0 spiro atoms. The molecule has 0 saturated heterocycles. The Labute approximate surface area is 115 Å². The van der Waals surface area contributed by atoms with Gasteiger partial charge in [-0.25, -0.2) is 4.79 Å². The van der Waals surface area contributed by atoms with E-state index in [1.165, 1.54) is 6.92 Å². The van der Waals surface area contributed by atoms with Gasteiger partial charge in [-0.1, -0.05) is 33.8 Å². The van der Waals surface area contributed by atoms with E-state index >= 15 is 0 Å². The monoisotopic (exact) mass is 270 g/mol. The Hall–Kier alpha value is -1.36. The number of nitrogens with zero attached hydrogens (tertiary/aromatic N) is 1. The molecule has 0 bridgehead atoms. The summed E-state index contributed by atoms with van der Waals surface area (Å²) in [6, 6.07) is -0.835. The number of carboxylic acids is 1. The molecule has 19 heavy (non-hydrogen) atoms. The molecule has 1 amide bonds. The summed E-state index contributed by atoms with van der Waals surface area (Å²) in [5.74, 6) is -0.974. The molecule has 0 aromatic rings. The molecule has 0 aliphatic rings. The molecule has 0 unspecified atom stereocenters. The molecule has 0 aromatic heterocycles. The van der Waals surface area contributed by atoms with Gasteiger partial charge in [0.15, 0.2) is 0 Å². The van der Waals surface area contributed by atoms with Crippen molar-refractivity contribution in [2.45, 2.75) is 46.7 Å². The van der Waals surface area contributed by atoms with E-state index in [1.54, 1.807) is 18.0 Å². The lowest BCUT2D eigenvalue weighted by Gasteiger charge is -2.32. The average Bonchev–Trinajstić information content (AvgIpc) is 2.31. The van der Waals surface area contributed by atoms with Gasteiger partial charge in [-0.3, -0.25) is 4.79 Å². The van der Waals surface area contributed by atoms with Crippen LogP contribution in [0.15, 0.2) is 11.6 Å². The summed E-state index contributed by atoms with van der Waals surface area (Å²) in [5, 5.41) is 8.93. The van der Waals surface area contributed by atoms with Gasteiger partial charge in [0.1, 0.15) is 0 Å². The fourth-order valence-corrected chi connectivity index (χ4v) is 1.75. The van der Waals surface area contributed by atoms with Gasteiger partial charge in [0.2, 0.25) is 5.91 Å². The minimum Gasteiger partial charge on any atom is -0.478 e. The van der Waals surface area contributed by atoms with Crippen LogP contribution in [0.1, 0.15) is 34.6 Å². The molecule has 0 aliphatic heterocycles. The van der Waals surface area contributed by atoms with E-state index in [0.29, 0.717) is 0 Å². The lowest BCUT2D eigenvalue weighted by molar-refractivity contribution is -0.135. The number of carboxylic acid groups (broad SMARTS) is 1. The van der Waals surface area contributed by atoms with Crippen molar-refractivity contribution in [2.24, 2.45) is 17.6 Å². The molecule has 0 fully saturated rings. The van der Waals surface area contributed by atoms with E-state index in [1.807, 2.05) is 27.7 Å². The highest BCUT2D eigenvalue weighted by atomic mass is 16.4. The van der Waals surface area contributed by atoms with Crippen molar-refractivity contribution in [3.8, 4) is 0 Å². The third kappa shape index (κ3) is 5.03. The predicted octanol–water partition coefficient (Wildman–Crippen LogP) is 1.48. The maximum absolute atomic E-state index is 12.2. The number of carbonyl (C=O) groups is 2. The van der Waals surface area contributed by atoms with Gasteiger partial charge >= 0.3 is 5.97 Å². The Kier molecular flexibility index (Phi) is 6.76. The molecule has 0 heterocycles. The van der Waals surface area contributed by atoms with Gasteiger partial charge < -0.3 is 15.7 Å². The first-order valence-corrected chi connectivity index (χ1v) is 6.53. The molecule has 0 aromatic carbocycles. The zero-order valence-electron chi connectivity index (χ0n) is 12.7. The van der Waals surface area contributed by atoms with Gasteiger partial charge in [-0.05, 0) is 18.8 Å². The van der Waals surface area contributed by atoms with Crippen LogP contribution < -0.4 is 5.73 Å². The van der Waals surface area contributed by atoms with Crippen molar-refractivity contribution in [3.05, 3.63) is 11.6 Å². The van der Waals surface area contributed by atoms with Crippen LogP contribution in [0.4, 0.5) is 0 Å². The molecular weight excluding hydrogens is 244 g/mol. The number of aliphatic carboxylic acids is 1. The summed E-state index contributed by atoms with van der Waals surface area (Å²) in [6.45, 7) is 9.19. The number of hydrogen-bond acceptors (Lipinski definition) is 3. The summed E-state index contributed by atoms with van der Waals surface area (Å²) in [4.78, 5) is 24.6. The summed E-state index contributed by atoms with van der Waals surface area (Å²) in [6.07, 6.45) is 1.61. The first kappa shape index (κ1) is 17.6. The van der Waals surface area contributed by atoms with Gasteiger partial charge in [-0.15, -0.1) is 0 Å². The van der Waals surface area contributed by atoms with Crippen LogP contribution in [0.3, 0.4) is 0 Å². The summed E-state index contributed by atoms with van der Waals surface area (Å²) in [5.41, 5.74) is 6.09. The second-order valence-electron chi connectivity index (χ2n) is 5.61. The lowest BCUT2D eigenvalue weighted by Crippen LogP contribution is -2.49. The maximum Gasteiger partial charge on any atom is 0.331 e. The fraction of sp³-hybridized carbons (Fsp3) is 0.714. The highest BCUT2D eigenvalue weighted by Crippen LogP contribution is 2.15. The third-order valence-electron chi connectivity index (χ3n) is 3.24. The fourth-order valence-electron chi connectivity index (χ4n) is 1.75. The molecule has 0 rings (SSSR count). The van der Waals surface area contributed by atoms with Crippen molar-refractivity contribution in [1.29, 1.82) is 0 Å². The van der Waals surface area contributed by atoms with Crippen molar-refractivity contribution in [1.82, 2.24) is 4.90 Å². The highest BCUT2D eigenvalue weighted by molar-refractivity contribution is 5.86. The lowest BCUT2D eigenvalue weighted by atomic mass is 9.97. The van der Waals surface area contributed by atoms with Crippen LogP contribution in [0, 0.1) is 11.8 Å². The smallest absolute Gasteiger partial charge is 0.331 e. The van der Waals surface area contributed by atoms with Crippen molar-refractivity contribution in [3.63, 3.8) is 0 Å². The number of nitrogens with two attached hydrogens (primary N) is 1. The van der Waals surface area contributed by atoms with Crippen LogP contribution in [0.25, 0.3) is 0 Å². The Balaban J connectivity index is 5.16. The van der Waals surface area contributed by atoms with Gasteiger partial charge in [0.05, 0.1) is 12.1 Å². The quantitative estimate of drug-likeness (QED) is 0.716. The molecule has 5 heteroatoms. The van der Waals surface area contributed by atoms with E-state index in [0.717, 1.165) is 0 Å². The Morgan fingerprint density at radius 3 is 1.95 bits per heavy atom. The van der Waals surface area contributed by atoms with Crippen LogP contribution in [0.2, 0.25) is 0 Å². The van der Waals surface area contributed by atoms with E-state index in [2.05, 4.69) is 0 Å². The highest BCUT2D eigenvalue weighted by Gasteiger charge is 2.27. The van der Waals surface area contributed by atoms with E-state index < -0.39 is 12.0 Å². The standard InChI is InChI=1S/C14H26N2O3/c1-8(2)11(7-10(5)14(18)19)16(6)13(17)12(15)9(3)4/h7-9,11-12H,15H2,1-6H3,(H,18,19)/b10-7+/t11-,12+/m1/s1. The third-order valence-corrected chi connectivity index (χ3v) is 3.24. The second kappa shape index (κ2) is 7.28. The average molecular weight is 270 g/mol. The van der Waals surface area contributed by atoms with Crippen molar-refractivity contribution >= 4 is 11.9 Å². The van der Waals surface area contributed by atoms with Crippen molar-refractivity contribution < 1.29 is 14.7 Å². The van der Waals surface area contributed by atoms with Crippen LogP contribution in [-0.2, 0) is 9.59 Å². The van der Waals surface area contributed by atoms with Crippen LogP contribution >= 0.6 is 0 Å². The Morgan fingerprint density at radius 2 is 1.63 bits per heavy atom. The number of hydrogen-bond donors (Lipinski definition) is 2. The second-order valence-corrected chi connectivity index (χ2v) is 5.61. The summed E-state index contributed by atoms with van der Waals surface area (Å²) < 4.78 is 0. The first-order valence-electron chi connectivity index (χ1n) is 6.53. The van der Waals surface area contributed by atoms with Gasteiger partial charge in [0, 0.05) is 12.6 Å². The maximum atomic E-state index is 12.2. The van der Waals surface area contributed by atoms with Crippen LogP contribution in [-0.4, -0.2) is 41.0 Å². The molecule has 0 aliphatic carbocycles. The zero-order valence-corrected chi connectivity index (χ0v) is 12.7. The summed E-state index contributed by atoms with van der Waals surface area (Å²) >= 11 is 0. The summed E-state index contributed by atoms with van der Waals surface area (Å²) in [7, 11) is 1.67. The van der Waals surface area contributed by atoms with E-state index in [9.17, 15) is 9.59 Å².